The lowest BCUT2D eigenvalue weighted by Gasteiger charge is -2.06. The second-order valence-corrected chi connectivity index (χ2v) is 4.14. The molecule has 0 radical (unpaired) electrons. The van der Waals surface area contributed by atoms with Crippen molar-refractivity contribution in [2.75, 3.05) is 24.2 Å². The maximum atomic E-state index is 11.9. The highest BCUT2D eigenvalue weighted by atomic mass is 32.1. The molecule has 0 aliphatic carbocycles. The molecule has 17 heavy (non-hydrogen) atoms. The van der Waals surface area contributed by atoms with Gasteiger partial charge in [0.1, 0.15) is 11.4 Å². The third kappa shape index (κ3) is 4.14. The third-order valence-corrected chi connectivity index (χ3v) is 2.77. The van der Waals surface area contributed by atoms with Crippen LogP contribution in [-0.4, -0.2) is 25.3 Å². The summed E-state index contributed by atoms with van der Waals surface area (Å²) in [6, 6.07) is 1.28. The summed E-state index contributed by atoms with van der Waals surface area (Å²) >= 11 is 0.838. The Bertz CT molecular complexity index is 403. The van der Waals surface area contributed by atoms with E-state index < -0.39 is 18.7 Å². The van der Waals surface area contributed by atoms with E-state index in [-0.39, 0.29) is 22.2 Å². The van der Waals surface area contributed by atoms with Gasteiger partial charge in [-0.3, -0.25) is 0 Å². The Morgan fingerprint density at radius 3 is 2.76 bits per heavy atom. The number of rotatable bonds is 4. The van der Waals surface area contributed by atoms with Crippen molar-refractivity contribution in [3.63, 3.8) is 0 Å². The number of carbonyl (C=O) groups is 1. The fourth-order valence-corrected chi connectivity index (χ4v) is 1.90. The predicted molar refractivity (Wildman–Crippen MR) is 59.2 cm³/mol. The number of halogens is 3. The number of carbonyl (C=O) groups excluding carboxylic acids is 1. The molecular formula is C9H11F3N2O2S. The maximum absolute atomic E-state index is 11.9. The van der Waals surface area contributed by atoms with E-state index in [0.717, 1.165) is 11.3 Å². The second kappa shape index (κ2) is 5.26. The first-order chi connectivity index (χ1) is 7.83. The largest absolute Gasteiger partial charge is 0.462 e. The molecular weight excluding hydrogens is 257 g/mol. The second-order valence-electron chi connectivity index (χ2n) is 3.08. The minimum Gasteiger partial charge on any atom is -0.462 e. The Labute approximate surface area is 99.6 Å². The molecule has 0 atom stereocenters. The van der Waals surface area contributed by atoms with Crippen LogP contribution in [0, 0.1) is 0 Å². The molecule has 0 spiro atoms. The van der Waals surface area contributed by atoms with Gasteiger partial charge in [-0.15, -0.1) is 11.3 Å². The number of alkyl halides is 3. The molecule has 0 amide bonds. The Kier molecular flexibility index (Phi) is 4.22. The van der Waals surface area contributed by atoms with Gasteiger partial charge >= 0.3 is 12.1 Å². The molecule has 0 saturated heterocycles. The highest BCUT2D eigenvalue weighted by Gasteiger charge is 2.27. The molecule has 3 N–H and O–H groups in total. The van der Waals surface area contributed by atoms with Gasteiger partial charge in [0.05, 0.1) is 17.3 Å². The van der Waals surface area contributed by atoms with Gasteiger partial charge in [0, 0.05) is 0 Å². The molecule has 0 aliphatic heterocycles. The van der Waals surface area contributed by atoms with Crippen molar-refractivity contribution in [2.24, 2.45) is 0 Å². The minimum absolute atomic E-state index is 0.108. The van der Waals surface area contributed by atoms with Crippen molar-refractivity contribution in [1.29, 1.82) is 0 Å². The fraction of sp³-hybridized carbons (Fsp3) is 0.444. The van der Waals surface area contributed by atoms with Gasteiger partial charge in [-0.2, -0.15) is 13.2 Å². The van der Waals surface area contributed by atoms with Crippen LogP contribution in [0.3, 0.4) is 0 Å². The van der Waals surface area contributed by atoms with Gasteiger partial charge in [-0.05, 0) is 13.0 Å². The van der Waals surface area contributed by atoms with Gasteiger partial charge in [0.2, 0.25) is 0 Å². The molecule has 0 aliphatic rings. The monoisotopic (exact) mass is 268 g/mol. The highest BCUT2D eigenvalue weighted by Crippen LogP contribution is 2.30. The Morgan fingerprint density at radius 2 is 2.24 bits per heavy atom. The standard InChI is InChI=1S/C9H11F3N2O2S/c1-2-16-8(15)7-5(13)3-6(17-7)14-4-9(10,11)12/h3,14H,2,4,13H2,1H3. The molecule has 1 heterocycles. The fourth-order valence-electron chi connectivity index (χ4n) is 1.04. The number of hydrogen-bond donors (Lipinski definition) is 2. The number of nitrogens with two attached hydrogens (primary N) is 1. The molecule has 0 bridgehead atoms. The number of thiophene rings is 1. The van der Waals surface area contributed by atoms with E-state index in [1.54, 1.807) is 6.92 Å². The molecule has 1 rings (SSSR count). The average Bonchev–Trinajstić information content (AvgIpc) is 2.56. The molecule has 8 heteroatoms. The lowest BCUT2D eigenvalue weighted by molar-refractivity contribution is -0.115. The van der Waals surface area contributed by atoms with Gasteiger partial charge in [-0.1, -0.05) is 0 Å². The van der Waals surface area contributed by atoms with Crippen LogP contribution in [0.15, 0.2) is 6.07 Å². The quantitative estimate of drug-likeness (QED) is 0.823. The van der Waals surface area contributed by atoms with Crippen LogP contribution >= 0.6 is 11.3 Å². The number of nitrogen functional groups attached to an aromatic ring is 1. The molecule has 0 unspecified atom stereocenters. The van der Waals surface area contributed by atoms with E-state index in [1.807, 2.05) is 0 Å². The zero-order valence-corrected chi connectivity index (χ0v) is 9.74. The number of hydrogen-bond acceptors (Lipinski definition) is 5. The van der Waals surface area contributed by atoms with Gasteiger partial charge in [-0.25, -0.2) is 4.79 Å². The summed E-state index contributed by atoms with van der Waals surface area (Å²) in [6.07, 6.45) is -4.32. The number of nitrogens with one attached hydrogen (secondary N) is 1. The van der Waals surface area contributed by atoms with Crippen LogP contribution in [-0.2, 0) is 4.74 Å². The summed E-state index contributed by atoms with van der Waals surface area (Å²) in [6.45, 7) is 0.640. The molecule has 0 fully saturated rings. The summed E-state index contributed by atoms with van der Waals surface area (Å²) in [5.74, 6) is -0.630. The summed E-state index contributed by atoms with van der Waals surface area (Å²) in [5, 5.41) is 2.33. The molecule has 96 valence electrons. The van der Waals surface area contributed by atoms with E-state index >= 15 is 0 Å². The van der Waals surface area contributed by atoms with Crippen molar-refractivity contribution < 1.29 is 22.7 Å². The van der Waals surface area contributed by atoms with Crippen LogP contribution in [0.4, 0.5) is 23.9 Å². The van der Waals surface area contributed by atoms with Crippen LogP contribution in [0.2, 0.25) is 0 Å². The van der Waals surface area contributed by atoms with Crippen molar-refractivity contribution in [2.45, 2.75) is 13.1 Å². The van der Waals surface area contributed by atoms with Crippen molar-refractivity contribution in [1.82, 2.24) is 0 Å². The van der Waals surface area contributed by atoms with E-state index in [4.69, 9.17) is 10.5 Å². The topological polar surface area (TPSA) is 64.3 Å². The SMILES string of the molecule is CCOC(=O)c1sc(NCC(F)(F)F)cc1N. The lowest BCUT2D eigenvalue weighted by atomic mass is 10.4. The number of ether oxygens (including phenoxy) is 1. The van der Waals surface area contributed by atoms with Gasteiger partial charge in [0.15, 0.2) is 0 Å². The Morgan fingerprint density at radius 1 is 1.59 bits per heavy atom. The van der Waals surface area contributed by atoms with Crippen LogP contribution in [0.1, 0.15) is 16.6 Å². The van der Waals surface area contributed by atoms with Gasteiger partial charge < -0.3 is 15.8 Å². The first-order valence-electron chi connectivity index (χ1n) is 4.70. The van der Waals surface area contributed by atoms with E-state index in [0.29, 0.717) is 0 Å². The van der Waals surface area contributed by atoms with Crippen molar-refractivity contribution in [3.8, 4) is 0 Å². The summed E-state index contributed by atoms with van der Waals surface area (Å²) in [5.41, 5.74) is 5.61. The van der Waals surface area contributed by atoms with Crippen molar-refractivity contribution >= 4 is 28.0 Å². The zero-order chi connectivity index (χ0) is 13.1. The minimum atomic E-state index is -4.32. The smallest absolute Gasteiger partial charge is 0.405 e. The maximum Gasteiger partial charge on any atom is 0.405 e. The first kappa shape index (κ1) is 13.6. The molecule has 1 aromatic rings. The van der Waals surface area contributed by atoms with Gasteiger partial charge in [0.25, 0.3) is 0 Å². The average molecular weight is 268 g/mol. The first-order valence-corrected chi connectivity index (χ1v) is 5.52. The molecule has 0 aromatic carbocycles. The molecule has 0 saturated carbocycles. The highest BCUT2D eigenvalue weighted by molar-refractivity contribution is 7.18. The van der Waals surface area contributed by atoms with E-state index in [9.17, 15) is 18.0 Å². The third-order valence-electron chi connectivity index (χ3n) is 1.68. The van der Waals surface area contributed by atoms with Crippen LogP contribution < -0.4 is 11.1 Å². The van der Waals surface area contributed by atoms with E-state index in [2.05, 4.69) is 5.32 Å². The lowest BCUT2D eigenvalue weighted by Crippen LogP contribution is -2.20. The molecule has 4 nitrogen and oxygen atoms in total. The Balaban J connectivity index is 2.71. The van der Waals surface area contributed by atoms with Crippen LogP contribution in [0.25, 0.3) is 0 Å². The normalized spacial score (nSPS) is 11.3. The summed E-state index contributed by atoms with van der Waals surface area (Å²) in [4.78, 5) is 11.4. The predicted octanol–water partition coefficient (Wildman–Crippen LogP) is 2.48. The van der Waals surface area contributed by atoms with E-state index in [1.165, 1.54) is 6.07 Å². The number of anilines is 2. The van der Waals surface area contributed by atoms with Crippen LogP contribution in [0.5, 0.6) is 0 Å². The summed E-state index contributed by atoms with van der Waals surface area (Å²) in [7, 11) is 0. The number of esters is 1. The zero-order valence-electron chi connectivity index (χ0n) is 8.93. The summed E-state index contributed by atoms with van der Waals surface area (Å²) < 4.78 is 40.6. The Hall–Kier alpha value is -1.44. The molecule has 1 aromatic heterocycles. The van der Waals surface area contributed by atoms with Crippen molar-refractivity contribution in [3.05, 3.63) is 10.9 Å².